The molecule has 1 aromatic carbocycles. The van der Waals surface area contributed by atoms with Crippen molar-refractivity contribution in [3.05, 3.63) is 29.3 Å². The number of nitrogens with zero attached hydrogens (tertiary/aromatic N) is 1. The van der Waals surface area contributed by atoms with Gasteiger partial charge in [-0.3, -0.25) is 14.4 Å². The van der Waals surface area contributed by atoms with E-state index in [1.165, 1.54) is 11.0 Å². The molecule has 0 spiro atoms. The van der Waals surface area contributed by atoms with Gasteiger partial charge in [-0.1, -0.05) is 33.3 Å². The monoisotopic (exact) mass is 562 g/mol. The van der Waals surface area contributed by atoms with Crippen LogP contribution in [0, 0.1) is 12.8 Å². The van der Waals surface area contributed by atoms with Crippen LogP contribution in [-0.4, -0.2) is 58.1 Å². The fraction of sp³-hybridized carbons (Fsp3) is 0.667. The summed E-state index contributed by atoms with van der Waals surface area (Å²) in [7, 11) is 0. The fourth-order valence-electron chi connectivity index (χ4n) is 4.26. The van der Waals surface area contributed by atoms with Gasteiger partial charge in [-0.2, -0.15) is 0 Å². The van der Waals surface area contributed by atoms with Gasteiger partial charge < -0.3 is 31.1 Å². The maximum Gasteiger partial charge on any atom is 0.408 e. The molecule has 0 saturated carbocycles. The maximum absolute atomic E-state index is 14.3. The molecule has 3 atom stereocenters. The molecule has 0 fully saturated rings. The summed E-state index contributed by atoms with van der Waals surface area (Å²) in [5, 5.41) is 15.7. The quantitative estimate of drug-likeness (QED) is 0.232. The second-order valence-corrected chi connectivity index (χ2v) is 11.9. The number of phenols is 1. The van der Waals surface area contributed by atoms with Gasteiger partial charge in [0, 0.05) is 19.0 Å². The number of aryl methyl sites for hydroxylation is 1. The highest BCUT2D eigenvalue weighted by Crippen LogP contribution is 2.30. The molecule has 0 aliphatic carbocycles. The molecule has 1 rings (SSSR count). The molecule has 40 heavy (non-hydrogen) atoms. The first-order chi connectivity index (χ1) is 18.6. The summed E-state index contributed by atoms with van der Waals surface area (Å²) < 4.78 is 5.39. The molecular formula is C30H50N4O6. The maximum atomic E-state index is 14.3. The van der Waals surface area contributed by atoms with E-state index in [1.807, 2.05) is 13.8 Å². The zero-order valence-corrected chi connectivity index (χ0v) is 25.5. The van der Waals surface area contributed by atoms with E-state index in [4.69, 9.17) is 10.5 Å². The minimum absolute atomic E-state index is 0.0560. The number of ether oxygens (including phenoxy) is 1. The lowest BCUT2D eigenvalue weighted by molar-refractivity contribution is -0.145. The Balaban J connectivity index is 3.65. The third-order valence-electron chi connectivity index (χ3n) is 6.45. The second-order valence-electron chi connectivity index (χ2n) is 11.9. The third-order valence-corrected chi connectivity index (χ3v) is 6.45. The van der Waals surface area contributed by atoms with Gasteiger partial charge in [0.2, 0.25) is 17.7 Å². The standard InChI is InChI=1S/C30H50N4O6/c1-9-10-17-32-27(37)26(22-13-15-24(35)20(4)18-22)34(21(5)12-11-19(2)3)28(38)23(14-16-25(31)36)33-29(39)40-30(6,7)8/h13,15,18-19,21,23,26,35H,9-12,14,16-17H2,1-8H3,(H2,31,36)(H,32,37)(H,33,39). The summed E-state index contributed by atoms with van der Waals surface area (Å²) in [5.41, 5.74) is 5.67. The van der Waals surface area contributed by atoms with E-state index in [1.54, 1.807) is 39.8 Å². The van der Waals surface area contributed by atoms with E-state index in [0.29, 0.717) is 30.0 Å². The highest BCUT2D eigenvalue weighted by molar-refractivity contribution is 5.92. The number of aromatic hydroxyl groups is 1. The summed E-state index contributed by atoms with van der Waals surface area (Å²) in [6.45, 7) is 15.3. The number of phenolic OH excluding ortho intramolecular Hbond substituents is 1. The van der Waals surface area contributed by atoms with Gasteiger partial charge in [0.1, 0.15) is 23.4 Å². The topological polar surface area (TPSA) is 151 Å². The number of primary amides is 1. The molecule has 0 bridgehead atoms. The molecule has 0 aliphatic heterocycles. The van der Waals surface area contributed by atoms with Gasteiger partial charge in [-0.15, -0.1) is 0 Å². The minimum atomic E-state index is -1.16. The van der Waals surface area contributed by atoms with Crippen LogP contribution in [-0.2, 0) is 19.1 Å². The number of nitrogens with one attached hydrogen (secondary N) is 2. The predicted octanol–water partition coefficient (Wildman–Crippen LogP) is 4.47. The van der Waals surface area contributed by atoms with E-state index in [-0.39, 0.29) is 24.5 Å². The lowest BCUT2D eigenvalue weighted by Crippen LogP contribution is -2.55. The SMILES string of the molecule is CCCCNC(=O)C(c1ccc(O)c(C)c1)N(C(=O)C(CCC(N)=O)NC(=O)OC(C)(C)C)C(C)CCC(C)C. The van der Waals surface area contributed by atoms with Crippen LogP contribution in [0.3, 0.4) is 0 Å². The molecule has 0 radical (unpaired) electrons. The molecule has 226 valence electrons. The minimum Gasteiger partial charge on any atom is -0.508 e. The molecule has 0 saturated heterocycles. The lowest BCUT2D eigenvalue weighted by Gasteiger charge is -2.39. The summed E-state index contributed by atoms with van der Waals surface area (Å²) in [6, 6.07) is 2.22. The number of alkyl carbamates (subject to hydrolysis) is 1. The normalized spacial score (nSPS) is 13.7. The highest BCUT2D eigenvalue weighted by Gasteiger charge is 2.39. The number of benzene rings is 1. The van der Waals surface area contributed by atoms with Crippen LogP contribution in [0.5, 0.6) is 5.75 Å². The van der Waals surface area contributed by atoms with Crippen molar-refractivity contribution in [2.75, 3.05) is 6.54 Å². The van der Waals surface area contributed by atoms with Crippen molar-refractivity contribution in [3.63, 3.8) is 0 Å². The molecule has 3 unspecified atom stereocenters. The molecule has 10 heteroatoms. The molecule has 10 nitrogen and oxygen atoms in total. The number of nitrogens with two attached hydrogens (primary N) is 1. The Morgan fingerprint density at radius 1 is 1.07 bits per heavy atom. The molecule has 5 N–H and O–H groups in total. The number of carbonyl (C=O) groups is 4. The average molecular weight is 563 g/mol. The number of hydrogen-bond acceptors (Lipinski definition) is 6. The zero-order chi connectivity index (χ0) is 30.6. The van der Waals surface area contributed by atoms with E-state index in [9.17, 15) is 24.3 Å². The van der Waals surface area contributed by atoms with Crippen LogP contribution in [0.25, 0.3) is 0 Å². The fourth-order valence-corrected chi connectivity index (χ4v) is 4.26. The number of carbonyl (C=O) groups excluding carboxylic acids is 4. The Kier molecular flexibility index (Phi) is 14.0. The molecule has 1 aromatic rings. The van der Waals surface area contributed by atoms with Crippen LogP contribution in [0.4, 0.5) is 4.79 Å². The first-order valence-corrected chi connectivity index (χ1v) is 14.2. The van der Waals surface area contributed by atoms with E-state index < -0.39 is 41.6 Å². The van der Waals surface area contributed by atoms with Crippen molar-refractivity contribution >= 4 is 23.8 Å². The highest BCUT2D eigenvalue weighted by atomic mass is 16.6. The second kappa shape index (κ2) is 16.1. The summed E-state index contributed by atoms with van der Waals surface area (Å²) >= 11 is 0. The van der Waals surface area contributed by atoms with Crippen LogP contribution >= 0.6 is 0 Å². The van der Waals surface area contributed by atoms with Crippen molar-refractivity contribution in [1.29, 1.82) is 0 Å². The smallest absolute Gasteiger partial charge is 0.408 e. The van der Waals surface area contributed by atoms with Gasteiger partial charge in [0.25, 0.3) is 0 Å². The van der Waals surface area contributed by atoms with E-state index in [0.717, 1.165) is 19.3 Å². The summed E-state index contributed by atoms with van der Waals surface area (Å²) in [5.74, 6) is -1.08. The molecule has 0 aromatic heterocycles. The Morgan fingerprint density at radius 2 is 1.73 bits per heavy atom. The molecule has 0 aliphatic rings. The Bertz CT molecular complexity index is 1000. The first-order valence-electron chi connectivity index (χ1n) is 14.2. The molecule has 0 heterocycles. The van der Waals surface area contributed by atoms with Crippen molar-refractivity contribution in [1.82, 2.24) is 15.5 Å². The average Bonchev–Trinajstić information content (AvgIpc) is 2.83. The van der Waals surface area contributed by atoms with Crippen LogP contribution in [0.2, 0.25) is 0 Å². The molecular weight excluding hydrogens is 512 g/mol. The van der Waals surface area contributed by atoms with Crippen LogP contribution in [0.1, 0.15) is 104 Å². The number of hydrogen-bond donors (Lipinski definition) is 4. The predicted molar refractivity (Wildman–Crippen MR) is 155 cm³/mol. The van der Waals surface area contributed by atoms with Gasteiger partial charge in [0.15, 0.2) is 0 Å². The van der Waals surface area contributed by atoms with Crippen molar-refractivity contribution in [2.24, 2.45) is 11.7 Å². The largest absolute Gasteiger partial charge is 0.508 e. The number of unbranched alkanes of at least 4 members (excludes halogenated alkanes) is 1. The van der Waals surface area contributed by atoms with Gasteiger partial charge in [-0.25, -0.2) is 4.79 Å². The number of rotatable bonds is 15. The van der Waals surface area contributed by atoms with Gasteiger partial charge in [0.05, 0.1) is 0 Å². The summed E-state index contributed by atoms with van der Waals surface area (Å²) in [4.78, 5) is 54.0. The van der Waals surface area contributed by atoms with E-state index >= 15 is 0 Å². The Hall–Kier alpha value is -3.30. The first kappa shape index (κ1) is 34.7. The summed E-state index contributed by atoms with van der Waals surface area (Å²) in [6.07, 6.45) is 2.04. The van der Waals surface area contributed by atoms with Crippen LogP contribution in [0.15, 0.2) is 18.2 Å². The number of amides is 4. The van der Waals surface area contributed by atoms with Crippen LogP contribution < -0.4 is 16.4 Å². The van der Waals surface area contributed by atoms with Crippen molar-refractivity contribution in [3.8, 4) is 5.75 Å². The lowest BCUT2D eigenvalue weighted by atomic mass is 9.95. The third kappa shape index (κ3) is 11.8. The zero-order valence-electron chi connectivity index (χ0n) is 25.5. The molecule has 4 amide bonds. The Labute approximate surface area is 239 Å². The van der Waals surface area contributed by atoms with Crippen molar-refractivity contribution < 1.29 is 29.0 Å². The van der Waals surface area contributed by atoms with E-state index in [2.05, 4.69) is 24.5 Å². The van der Waals surface area contributed by atoms with Gasteiger partial charge >= 0.3 is 6.09 Å². The Morgan fingerprint density at radius 3 is 2.25 bits per heavy atom. The van der Waals surface area contributed by atoms with Gasteiger partial charge in [-0.05, 0) is 89.5 Å². The van der Waals surface area contributed by atoms with Crippen molar-refractivity contribution in [2.45, 2.75) is 118 Å².